The van der Waals surface area contributed by atoms with Gasteiger partial charge in [-0.05, 0) is 6.92 Å². The summed E-state index contributed by atoms with van der Waals surface area (Å²) in [5.74, 6) is -0.233. The van der Waals surface area contributed by atoms with E-state index in [0.29, 0.717) is 0 Å². The second-order valence-electron chi connectivity index (χ2n) is 2.46. The molecule has 0 saturated carbocycles. The summed E-state index contributed by atoms with van der Waals surface area (Å²) in [6.45, 7) is 5.49. The molecule has 0 radical (unpaired) electrons. The first-order valence-corrected chi connectivity index (χ1v) is 3.87. The van der Waals surface area contributed by atoms with Gasteiger partial charge in [-0.15, -0.1) is 0 Å². The molecule has 0 unspecified atom stereocenters. The van der Waals surface area contributed by atoms with Crippen molar-refractivity contribution in [2.75, 3.05) is 0 Å². The van der Waals surface area contributed by atoms with E-state index < -0.39 is 0 Å². The lowest BCUT2D eigenvalue weighted by Crippen LogP contribution is -1.96. The van der Waals surface area contributed by atoms with Crippen molar-refractivity contribution >= 4 is 12.0 Å². The number of nitrogens with zero attached hydrogens (tertiary/aromatic N) is 2. The Balaban J connectivity index is 3.95. The van der Waals surface area contributed by atoms with Gasteiger partial charge in [-0.1, -0.05) is 36.5 Å². The third-order valence-electron chi connectivity index (χ3n) is 1.34. The Hall–Kier alpha value is -1.73. The monoisotopic (exact) mass is 176 g/mol. The first-order chi connectivity index (χ1) is 6.20. The molecule has 0 aromatic heterocycles. The lowest BCUT2D eigenvalue weighted by atomic mass is 10.2. The lowest BCUT2D eigenvalue weighted by molar-refractivity contribution is -0.115. The highest BCUT2D eigenvalue weighted by molar-refractivity contribution is 6.25. The van der Waals surface area contributed by atoms with Crippen LogP contribution in [0, 0.1) is 0 Å². The van der Waals surface area contributed by atoms with Gasteiger partial charge in [0.25, 0.3) is 0 Å². The highest BCUT2D eigenvalue weighted by Gasteiger charge is 1.96. The van der Waals surface area contributed by atoms with Crippen LogP contribution in [0.25, 0.3) is 5.53 Å². The molecule has 3 heteroatoms. The van der Waals surface area contributed by atoms with Gasteiger partial charge >= 0.3 is 6.21 Å². The second-order valence-corrected chi connectivity index (χ2v) is 2.46. The zero-order chi connectivity index (χ0) is 10.1. The molecule has 0 aliphatic carbocycles. The largest absolute Gasteiger partial charge is 0.361 e. The molecule has 13 heavy (non-hydrogen) atoms. The Kier molecular flexibility index (Phi) is 6.02. The molecule has 0 atom stereocenters. The first kappa shape index (κ1) is 11.3. The molecule has 3 nitrogen and oxygen atoms in total. The van der Waals surface area contributed by atoms with Crippen LogP contribution >= 0.6 is 0 Å². The SMILES string of the molecule is C=C/C(C)=C\C=C\CC(=O)C=[N+]=[N-]. The Morgan fingerprint density at radius 3 is 2.85 bits per heavy atom. The van der Waals surface area contributed by atoms with Gasteiger partial charge in [0.2, 0.25) is 5.78 Å². The van der Waals surface area contributed by atoms with Crippen LogP contribution in [0.4, 0.5) is 0 Å². The number of rotatable bonds is 5. The average molecular weight is 176 g/mol. The highest BCUT2D eigenvalue weighted by atomic mass is 16.1. The van der Waals surface area contributed by atoms with Crippen LogP contribution in [0.3, 0.4) is 0 Å². The third-order valence-corrected chi connectivity index (χ3v) is 1.34. The van der Waals surface area contributed by atoms with E-state index in [0.717, 1.165) is 11.8 Å². The molecule has 0 saturated heterocycles. The minimum absolute atomic E-state index is 0.233. The van der Waals surface area contributed by atoms with E-state index >= 15 is 0 Å². The maximum absolute atomic E-state index is 10.8. The standard InChI is InChI=1S/C10H12N2O/c1-3-9(2)6-4-5-7-10(13)8-12-11/h3-6,8H,1,7H2,2H3/b5-4+,9-6-. The molecule has 0 amide bonds. The summed E-state index contributed by atoms with van der Waals surface area (Å²) in [4.78, 5) is 13.4. The van der Waals surface area contributed by atoms with Crippen LogP contribution in [0.15, 0.2) is 36.5 Å². The van der Waals surface area contributed by atoms with Gasteiger partial charge in [0.15, 0.2) is 0 Å². The van der Waals surface area contributed by atoms with Crippen LogP contribution < -0.4 is 0 Å². The summed E-state index contributed by atoms with van der Waals surface area (Å²) in [6, 6.07) is 0. The molecule has 0 bridgehead atoms. The van der Waals surface area contributed by atoms with Crippen molar-refractivity contribution in [2.45, 2.75) is 13.3 Å². The van der Waals surface area contributed by atoms with E-state index in [-0.39, 0.29) is 12.2 Å². The molecule has 68 valence electrons. The topological polar surface area (TPSA) is 53.5 Å². The molecular formula is C10H12N2O. The maximum Gasteiger partial charge on any atom is 0.323 e. The molecule has 0 aromatic rings. The van der Waals surface area contributed by atoms with E-state index in [1.807, 2.05) is 13.0 Å². The predicted octanol–water partition coefficient (Wildman–Crippen LogP) is 1.93. The van der Waals surface area contributed by atoms with Gasteiger partial charge in [-0.2, -0.15) is 4.79 Å². The van der Waals surface area contributed by atoms with Gasteiger partial charge in [-0.3, -0.25) is 4.79 Å². The van der Waals surface area contributed by atoms with Gasteiger partial charge in [0.1, 0.15) is 0 Å². The second kappa shape index (κ2) is 6.95. The number of hydrogen-bond donors (Lipinski definition) is 0. The quantitative estimate of drug-likeness (QED) is 0.273. The number of carbonyl (C=O) groups is 1. The average Bonchev–Trinajstić information content (AvgIpc) is 2.12. The molecule has 0 fully saturated rings. The zero-order valence-electron chi connectivity index (χ0n) is 7.60. The fraction of sp³-hybridized carbons (Fsp3) is 0.200. The van der Waals surface area contributed by atoms with Crippen molar-refractivity contribution in [1.29, 1.82) is 0 Å². The third kappa shape index (κ3) is 6.66. The molecule has 0 spiro atoms. The van der Waals surface area contributed by atoms with E-state index in [9.17, 15) is 4.79 Å². The zero-order valence-corrected chi connectivity index (χ0v) is 7.60. The van der Waals surface area contributed by atoms with Crippen LogP contribution in [0.1, 0.15) is 13.3 Å². The maximum atomic E-state index is 10.8. The highest BCUT2D eigenvalue weighted by Crippen LogP contribution is 1.93. The van der Waals surface area contributed by atoms with Gasteiger partial charge in [0.05, 0.1) is 0 Å². The molecular weight excluding hydrogens is 164 g/mol. The van der Waals surface area contributed by atoms with Crippen LogP contribution in [0.5, 0.6) is 0 Å². The van der Waals surface area contributed by atoms with Crippen LogP contribution in [0.2, 0.25) is 0 Å². The van der Waals surface area contributed by atoms with Crippen molar-refractivity contribution in [3.8, 4) is 0 Å². The minimum Gasteiger partial charge on any atom is -0.361 e. The Labute approximate surface area is 77.7 Å². The predicted molar refractivity (Wildman–Crippen MR) is 52.4 cm³/mol. The van der Waals surface area contributed by atoms with E-state index in [4.69, 9.17) is 5.53 Å². The van der Waals surface area contributed by atoms with E-state index in [1.165, 1.54) is 0 Å². The Morgan fingerprint density at radius 2 is 2.31 bits per heavy atom. The van der Waals surface area contributed by atoms with Crippen molar-refractivity contribution in [2.24, 2.45) is 0 Å². The number of Topliss-reactive ketones (excluding diaryl/α,β-unsaturated/α-hetero) is 1. The summed E-state index contributed by atoms with van der Waals surface area (Å²) in [5, 5.41) is 0. The van der Waals surface area contributed by atoms with Gasteiger partial charge < -0.3 is 5.53 Å². The molecule has 0 aliphatic heterocycles. The summed E-state index contributed by atoms with van der Waals surface area (Å²) in [5.41, 5.74) is 9.05. The Bertz CT molecular complexity index is 294. The molecule has 0 aliphatic rings. The number of carbonyl (C=O) groups excluding carboxylic acids is 1. The summed E-state index contributed by atoms with van der Waals surface area (Å²) >= 11 is 0. The summed E-state index contributed by atoms with van der Waals surface area (Å²) in [7, 11) is 0. The molecule has 0 aromatic carbocycles. The Morgan fingerprint density at radius 1 is 1.62 bits per heavy atom. The van der Waals surface area contributed by atoms with Crippen molar-refractivity contribution in [3.05, 3.63) is 42.0 Å². The smallest absolute Gasteiger partial charge is 0.323 e. The first-order valence-electron chi connectivity index (χ1n) is 3.87. The van der Waals surface area contributed by atoms with E-state index in [2.05, 4.69) is 11.4 Å². The normalized spacial score (nSPS) is 11.0. The fourth-order valence-corrected chi connectivity index (χ4v) is 0.589. The number of hydrogen-bond acceptors (Lipinski definition) is 1. The van der Waals surface area contributed by atoms with Crippen molar-refractivity contribution in [1.82, 2.24) is 0 Å². The molecule has 0 rings (SSSR count). The van der Waals surface area contributed by atoms with E-state index in [1.54, 1.807) is 18.2 Å². The van der Waals surface area contributed by atoms with Crippen LogP contribution in [-0.2, 0) is 4.79 Å². The summed E-state index contributed by atoms with van der Waals surface area (Å²) < 4.78 is 0. The van der Waals surface area contributed by atoms with Crippen LogP contribution in [-0.4, -0.2) is 16.8 Å². The van der Waals surface area contributed by atoms with Gasteiger partial charge in [0, 0.05) is 6.42 Å². The molecule has 0 N–H and O–H groups in total. The molecule has 0 heterocycles. The fourth-order valence-electron chi connectivity index (χ4n) is 0.589. The van der Waals surface area contributed by atoms with Gasteiger partial charge in [-0.25, -0.2) is 0 Å². The minimum atomic E-state index is -0.233. The lowest BCUT2D eigenvalue weighted by Gasteiger charge is -1.84. The van der Waals surface area contributed by atoms with Crippen molar-refractivity contribution in [3.63, 3.8) is 0 Å². The number of allylic oxidation sites excluding steroid dienone is 5. The number of ketones is 1. The summed E-state index contributed by atoms with van der Waals surface area (Å²) in [6.07, 6.45) is 8.15. The van der Waals surface area contributed by atoms with Crippen molar-refractivity contribution < 1.29 is 9.58 Å².